The van der Waals surface area contributed by atoms with Crippen LogP contribution in [0.3, 0.4) is 0 Å². The number of hydrogen-bond donors (Lipinski definition) is 0. The zero-order chi connectivity index (χ0) is 16.9. The maximum Gasteiger partial charge on any atom is 0.326 e. The normalized spacial score (nSPS) is 16.7. The largest absolute Gasteiger partial charge is 0.456 e. The Kier molecular flexibility index (Phi) is 4.98. The Balaban J connectivity index is 1.50. The van der Waals surface area contributed by atoms with Crippen molar-refractivity contribution in [3.05, 3.63) is 23.8 Å². The summed E-state index contributed by atoms with van der Waals surface area (Å²) in [5.41, 5.74) is 0.387. The molecule has 1 saturated heterocycles. The third-order valence-electron chi connectivity index (χ3n) is 4.05. The lowest BCUT2D eigenvalue weighted by Gasteiger charge is -2.19. The number of Topliss-reactive ketones (excluding diaryl/α,β-unsaturated/α-hetero) is 1. The third kappa shape index (κ3) is 3.84. The van der Waals surface area contributed by atoms with Gasteiger partial charge in [-0.1, -0.05) is 6.42 Å². The molecule has 0 N–H and O–H groups in total. The van der Waals surface area contributed by atoms with Gasteiger partial charge in [0.25, 0.3) is 0 Å². The van der Waals surface area contributed by atoms with Gasteiger partial charge in [-0.3, -0.25) is 14.4 Å². The minimum absolute atomic E-state index is 0.0356. The highest BCUT2D eigenvalue weighted by Crippen LogP contribution is 2.32. The smallest absolute Gasteiger partial charge is 0.326 e. The monoisotopic (exact) mass is 333 g/mol. The quantitative estimate of drug-likeness (QED) is 0.600. The second-order valence-electron chi connectivity index (χ2n) is 5.78. The van der Waals surface area contributed by atoms with Crippen molar-refractivity contribution in [2.24, 2.45) is 0 Å². The fourth-order valence-electron chi connectivity index (χ4n) is 2.71. The second-order valence-corrected chi connectivity index (χ2v) is 5.78. The molecule has 1 amide bonds. The first-order valence-electron chi connectivity index (χ1n) is 8.00. The highest BCUT2D eigenvalue weighted by Gasteiger charge is 2.21. The van der Waals surface area contributed by atoms with E-state index in [1.165, 1.54) is 4.90 Å². The summed E-state index contributed by atoms with van der Waals surface area (Å²) in [5, 5.41) is 0. The molecule has 7 nitrogen and oxygen atoms in total. The van der Waals surface area contributed by atoms with Gasteiger partial charge in [0.2, 0.25) is 12.7 Å². The molecule has 1 aromatic rings. The van der Waals surface area contributed by atoms with E-state index >= 15 is 0 Å². The third-order valence-corrected chi connectivity index (χ3v) is 4.05. The van der Waals surface area contributed by atoms with Gasteiger partial charge in [-0.2, -0.15) is 0 Å². The Morgan fingerprint density at radius 3 is 2.83 bits per heavy atom. The van der Waals surface area contributed by atoms with Crippen LogP contribution < -0.4 is 9.47 Å². The maximum absolute atomic E-state index is 12.1. The Labute approximate surface area is 139 Å². The van der Waals surface area contributed by atoms with E-state index in [2.05, 4.69) is 0 Å². The minimum Gasteiger partial charge on any atom is -0.456 e. The molecule has 24 heavy (non-hydrogen) atoms. The molecular weight excluding hydrogens is 314 g/mol. The van der Waals surface area contributed by atoms with Crippen LogP contribution in [0, 0.1) is 0 Å². The van der Waals surface area contributed by atoms with Crippen molar-refractivity contribution in [1.29, 1.82) is 0 Å². The summed E-state index contributed by atoms with van der Waals surface area (Å²) < 4.78 is 15.4. The van der Waals surface area contributed by atoms with E-state index in [1.54, 1.807) is 18.2 Å². The molecule has 0 aliphatic carbocycles. The molecular formula is C17H19NO6. The molecule has 0 spiro atoms. The second kappa shape index (κ2) is 7.33. The predicted octanol–water partition coefficient (Wildman–Crippen LogP) is 1.54. The Morgan fingerprint density at radius 2 is 1.96 bits per heavy atom. The summed E-state index contributed by atoms with van der Waals surface area (Å²) in [6.07, 6.45) is 3.19. The number of ether oxygens (including phenoxy) is 3. The van der Waals surface area contributed by atoms with Gasteiger partial charge in [0.15, 0.2) is 23.9 Å². The van der Waals surface area contributed by atoms with E-state index in [1.807, 2.05) is 0 Å². The van der Waals surface area contributed by atoms with Crippen molar-refractivity contribution >= 4 is 17.7 Å². The predicted molar refractivity (Wildman–Crippen MR) is 82.9 cm³/mol. The molecule has 2 heterocycles. The molecule has 2 aliphatic rings. The number of carbonyl (C=O) groups excluding carboxylic acids is 3. The number of hydrogen-bond acceptors (Lipinski definition) is 6. The fraction of sp³-hybridized carbons (Fsp3) is 0.471. The van der Waals surface area contributed by atoms with Gasteiger partial charge in [-0.15, -0.1) is 0 Å². The lowest BCUT2D eigenvalue weighted by molar-refractivity contribution is -0.148. The van der Waals surface area contributed by atoms with Gasteiger partial charge in [0, 0.05) is 18.5 Å². The summed E-state index contributed by atoms with van der Waals surface area (Å²) in [6.45, 7) is 0.226. The number of amides is 1. The first kappa shape index (κ1) is 16.3. The van der Waals surface area contributed by atoms with Crippen LogP contribution in [0.5, 0.6) is 11.5 Å². The number of likely N-dealkylation sites (tertiary alicyclic amines) is 1. The van der Waals surface area contributed by atoms with E-state index in [4.69, 9.17) is 14.2 Å². The van der Waals surface area contributed by atoms with Gasteiger partial charge in [0.05, 0.1) is 0 Å². The van der Waals surface area contributed by atoms with Gasteiger partial charge in [-0.25, -0.2) is 0 Å². The topological polar surface area (TPSA) is 82.1 Å². The average Bonchev–Trinajstić information content (AvgIpc) is 2.96. The van der Waals surface area contributed by atoms with E-state index in [0.29, 0.717) is 30.0 Å². The minimum atomic E-state index is -0.570. The summed E-state index contributed by atoms with van der Waals surface area (Å²) in [4.78, 5) is 37.3. The first-order chi connectivity index (χ1) is 11.6. The van der Waals surface area contributed by atoms with Crippen LogP contribution in [-0.2, 0) is 14.3 Å². The number of rotatable bonds is 5. The zero-order valence-corrected chi connectivity index (χ0v) is 13.3. The number of nitrogens with zero attached hydrogens (tertiary/aromatic N) is 1. The standard InChI is InChI=1S/C17H19NO6/c19-13(12-5-6-14-15(8-12)24-11-23-14)10-22-17(21)9-18-7-3-1-2-4-16(18)20/h5-6,8H,1-4,7,9-11H2. The molecule has 0 aromatic heterocycles. The molecule has 1 fully saturated rings. The Bertz CT molecular complexity index is 656. The summed E-state index contributed by atoms with van der Waals surface area (Å²) in [5.74, 6) is 0.153. The molecule has 7 heteroatoms. The number of ketones is 1. The van der Waals surface area contributed by atoms with Crippen LogP contribution in [0.1, 0.15) is 36.0 Å². The molecule has 3 rings (SSSR count). The first-order valence-corrected chi connectivity index (χ1v) is 8.00. The van der Waals surface area contributed by atoms with Crippen LogP contribution in [0.15, 0.2) is 18.2 Å². The van der Waals surface area contributed by atoms with Crippen LogP contribution in [0.25, 0.3) is 0 Å². The van der Waals surface area contributed by atoms with Crippen LogP contribution in [0.4, 0.5) is 0 Å². The SMILES string of the molecule is O=C(CN1CCCCCC1=O)OCC(=O)c1ccc2c(c1)OCO2. The van der Waals surface area contributed by atoms with Crippen molar-refractivity contribution in [2.75, 3.05) is 26.5 Å². The summed E-state index contributed by atoms with van der Waals surface area (Å²) >= 11 is 0. The fourth-order valence-corrected chi connectivity index (χ4v) is 2.71. The highest BCUT2D eigenvalue weighted by molar-refractivity contribution is 5.98. The van der Waals surface area contributed by atoms with Crippen LogP contribution in [-0.4, -0.2) is 49.0 Å². The number of esters is 1. The van der Waals surface area contributed by atoms with Crippen molar-refractivity contribution in [3.8, 4) is 11.5 Å². The van der Waals surface area contributed by atoms with Gasteiger partial charge < -0.3 is 19.1 Å². The number of benzene rings is 1. The Hall–Kier alpha value is -2.57. The van der Waals surface area contributed by atoms with Crippen LogP contribution >= 0.6 is 0 Å². The van der Waals surface area contributed by atoms with Crippen molar-refractivity contribution in [1.82, 2.24) is 4.90 Å². The van der Waals surface area contributed by atoms with Crippen molar-refractivity contribution < 1.29 is 28.6 Å². The Morgan fingerprint density at radius 1 is 1.12 bits per heavy atom. The van der Waals surface area contributed by atoms with E-state index in [-0.39, 0.29) is 31.6 Å². The molecule has 128 valence electrons. The van der Waals surface area contributed by atoms with Crippen molar-refractivity contribution in [2.45, 2.75) is 25.7 Å². The van der Waals surface area contributed by atoms with Crippen molar-refractivity contribution in [3.63, 3.8) is 0 Å². The van der Waals surface area contributed by atoms with E-state index < -0.39 is 5.97 Å². The van der Waals surface area contributed by atoms with E-state index in [0.717, 1.165) is 19.3 Å². The maximum atomic E-state index is 12.1. The number of carbonyl (C=O) groups is 3. The molecule has 2 aliphatic heterocycles. The van der Waals surface area contributed by atoms with E-state index in [9.17, 15) is 14.4 Å². The molecule has 0 unspecified atom stereocenters. The summed E-state index contributed by atoms with van der Waals surface area (Å²) in [6, 6.07) is 4.81. The van der Waals surface area contributed by atoms with Crippen LogP contribution in [0.2, 0.25) is 0 Å². The average molecular weight is 333 g/mol. The van der Waals surface area contributed by atoms with Gasteiger partial charge in [0.1, 0.15) is 6.54 Å². The lowest BCUT2D eigenvalue weighted by Crippen LogP contribution is -2.36. The molecule has 0 radical (unpaired) electrons. The molecule has 0 saturated carbocycles. The van der Waals surface area contributed by atoms with Gasteiger partial charge >= 0.3 is 5.97 Å². The molecule has 0 atom stereocenters. The molecule has 1 aromatic carbocycles. The summed E-state index contributed by atoms with van der Waals surface area (Å²) in [7, 11) is 0. The highest BCUT2D eigenvalue weighted by atomic mass is 16.7. The van der Waals surface area contributed by atoms with Gasteiger partial charge in [-0.05, 0) is 31.0 Å². The zero-order valence-electron chi connectivity index (χ0n) is 13.3. The lowest BCUT2D eigenvalue weighted by atomic mass is 10.1. The number of fused-ring (bicyclic) bond motifs is 1. The molecule has 0 bridgehead atoms.